The monoisotopic (exact) mass is 283 g/mol. The summed E-state index contributed by atoms with van der Waals surface area (Å²) in [6, 6.07) is 5.30. The van der Waals surface area contributed by atoms with Gasteiger partial charge in [0.1, 0.15) is 0 Å². The molecule has 0 fully saturated rings. The highest BCUT2D eigenvalue weighted by molar-refractivity contribution is 5.45. The maximum Gasteiger partial charge on any atom is 0.416 e. The summed E-state index contributed by atoms with van der Waals surface area (Å²) in [4.78, 5) is 4.08. The van der Waals surface area contributed by atoms with Crippen molar-refractivity contribution in [2.45, 2.75) is 32.6 Å². The maximum absolute atomic E-state index is 12.4. The lowest BCUT2D eigenvalue weighted by Crippen LogP contribution is -2.09. The predicted molar refractivity (Wildman–Crippen MR) is 71.4 cm³/mol. The van der Waals surface area contributed by atoms with Crippen LogP contribution in [0.3, 0.4) is 0 Å². The first-order valence-corrected chi connectivity index (χ1v) is 6.30. The second-order valence-electron chi connectivity index (χ2n) is 4.81. The van der Waals surface area contributed by atoms with Gasteiger partial charge in [-0.05, 0) is 38.1 Å². The molecule has 0 spiro atoms. The number of rotatable bonds is 4. The summed E-state index contributed by atoms with van der Waals surface area (Å²) in [6.07, 6.45) is -0.805. The minimum Gasteiger partial charge on any atom is -0.379 e. The molecule has 1 aromatic carbocycles. The van der Waals surface area contributed by atoms with Gasteiger partial charge in [0.15, 0.2) is 0 Å². The predicted octanol–water partition coefficient (Wildman–Crippen LogP) is 4.09. The number of benzene rings is 1. The number of hydrogen-bond donors (Lipinski definition) is 1. The van der Waals surface area contributed by atoms with Crippen LogP contribution in [0.2, 0.25) is 0 Å². The van der Waals surface area contributed by atoms with Crippen LogP contribution in [0.4, 0.5) is 18.9 Å². The topological polar surface area (TPSA) is 29.9 Å². The Morgan fingerprint density at radius 3 is 2.40 bits per heavy atom. The molecule has 1 aromatic heterocycles. The fourth-order valence-corrected chi connectivity index (χ4v) is 1.90. The molecule has 0 saturated carbocycles. The third-order valence-corrected chi connectivity index (χ3v) is 2.99. The van der Waals surface area contributed by atoms with E-state index in [2.05, 4.69) is 10.3 Å². The Morgan fingerprint density at radius 2 is 1.85 bits per heavy atom. The molecule has 108 valence electrons. The van der Waals surface area contributed by atoms with Crippen LogP contribution in [0.1, 0.15) is 31.1 Å². The zero-order valence-electron chi connectivity index (χ0n) is 11.3. The Hall–Kier alpha value is -1.98. The molecule has 3 nitrogen and oxygen atoms in total. The first-order chi connectivity index (χ1) is 9.38. The molecule has 0 bridgehead atoms. The van der Waals surface area contributed by atoms with Crippen molar-refractivity contribution in [1.29, 1.82) is 0 Å². The number of nitrogens with one attached hydrogen (secondary N) is 1. The van der Waals surface area contributed by atoms with E-state index < -0.39 is 11.7 Å². The van der Waals surface area contributed by atoms with Gasteiger partial charge in [0.25, 0.3) is 0 Å². The number of anilines is 1. The van der Waals surface area contributed by atoms with Gasteiger partial charge in [-0.15, -0.1) is 0 Å². The minimum absolute atomic E-state index is 0.293. The smallest absolute Gasteiger partial charge is 0.379 e. The highest BCUT2D eigenvalue weighted by Crippen LogP contribution is 2.29. The summed E-state index contributed by atoms with van der Waals surface area (Å²) >= 11 is 0. The molecule has 0 saturated heterocycles. The lowest BCUT2D eigenvalue weighted by Gasteiger charge is -2.13. The van der Waals surface area contributed by atoms with Crippen molar-refractivity contribution in [1.82, 2.24) is 9.55 Å². The van der Waals surface area contributed by atoms with E-state index >= 15 is 0 Å². The summed E-state index contributed by atoms with van der Waals surface area (Å²) in [5, 5.41) is 3.09. The fraction of sp³-hybridized carbons (Fsp3) is 0.357. The van der Waals surface area contributed by atoms with E-state index in [1.807, 2.05) is 18.4 Å². The lowest BCUT2D eigenvalue weighted by molar-refractivity contribution is -0.137. The second-order valence-corrected chi connectivity index (χ2v) is 4.81. The molecule has 6 heteroatoms. The van der Waals surface area contributed by atoms with Crippen molar-refractivity contribution in [2.24, 2.45) is 0 Å². The zero-order valence-corrected chi connectivity index (χ0v) is 11.3. The van der Waals surface area contributed by atoms with Crippen LogP contribution in [0.15, 0.2) is 36.8 Å². The van der Waals surface area contributed by atoms with E-state index in [4.69, 9.17) is 0 Å². The number of aromatic nitrogens is 2. The van der Waals surface area contributed by atoms with Gasteiger partial charge in [-0.1, -0.05) is 0 Å². The van der Waals surface area contributed by atoms with Gasteiger partial charge >= 0.3 is 6.18 Å². The molecule has 0 aliphatic carbocycles. The standard InChI is InChI=1S/C14H16F3N3/c1-10(2)20-9-18-7-13(20)8-19-12-5-3-11(4-6-12)14(15,16)17/h3-7,9-10,19H,8H2,1-2H3. The summed E-state index contributed by atoms with van der Waals surface area (Å²) in [5.74, 6) is 0. The highest BCUT2D eigenvalue weighted by atomic mass is 19.4. The van der Waals surface area contributed by atoms with Crippen molar-refractivity contribution in [3.8, 4) is 0 Å². The third-order valence-electron chi connectivity index (χ3n) is 2.99. The first kappa shape index (κ1) is 14.4. The maximum atomic E-state index is 12.4. The number of alkyl halides is 3. The average Bonchev–Trinajstić information content (AvgIpc) is 2.84. The number of hydrogen-bond acceptors (Lipinski definition) is 2. The average molecular weight is 283 g/mol. The van der Waals surface area contributed by atoms with Gasteiger partial charge < -0.3 is 9.88 Å². The van der Waals surface area contributed by atoms with Crippen molar-refractivity contribution in [2.75, 3.05) is 5.32 Å². The highest BCUT2D eigenvalue weighted by Gasteiger charge is 2.29. The van der Waals surface area contributed by atoms with Crippen molar-refractivity contribution in [3.63, 3.8) is 0 Å². The minimum atomic E-state index is -4.30. The van der Waals surface area contributed by atoms with Gasteiger partial charge in [-0.3, -0.25) is 0 Å². The van der Waals surface area contributed by atoms with E-state index in [-0.39, 0.29) is 0 Å². The third kappa shape index (κ3) is 3.31. The molecule has 2 rings (SSSR count). The van der Waals surface area contributed by atoms with Gasteiger partial charge in [0.2, 0.25) is 0 Å². The normalized spacial score (nSPS) is 11.9. The molecule has 0 unspecified atom stereocenters. The van der Waals surface area contributed by atoms with E-state index in [0.29, 0.717) is 18.3 Å². The fourth-order valence-electron chi connectivity index (χ4n) is 1.90. The van der Waals surface area contributed by atoms with Crippen LogP contribution in [0, 0.1) is 0 Å². The van der Waals surface area contributed by atoms with Gasteiger partial charge in [-0.25, -0.2) is 4.98 Å². The van der Waals surface area contributed by atoms with Crippen molar-refractivity contribution >= 4 is 5.69 Å². The Kier molecular flexibility index (Phi) is 4.01. The molecular weight excluding hydrogens is 267 g/mol. The van der Waals surface area contributed by atoms with Crippen LogP contribution >= 0.6 is 0 Å². The van der Waals surface area contributed by atoms with E-state index in [0.717, 1.165) is 17.8 Å². The van der Waals surface area contributed by atoms with Gasteiger partial charge in [-0.2, -0.15) is 13.2 Å². The molecule has 1 heterocycles. The summed E-state index contributed by atoms with van der Waals surface area (Å²) in [7, 11) is 0. The molecule has 0 atom stereocenters. The molecule has 0 amide bonds. The van der Waals surface area contributed by atoms with E-state index in [9.17, 15) is 13.2 Å². The number of imidazole rings is 1. The molecule has 0 aliphatic rings. The van der Waals surface area contributed by atoms with Crippen LogP contribution in [0.5, 0.6) is 0 Å². The van der Waals surface area contributed by atoms with Crippen LogP contribution in [-0.2, 0) is 12.7 Å². The van der Waals surface area contributed by atoms with Crippen molar-refractivity contribution in [3.05, 3.63) is 48.0 Å². The Bertz CT molecular complexity index is 556. The van der Waals surface area contributed by atoms with Gasteiger partial charge in [0.05, 0.1) is 24.1 Å². The first-order valence-electron chi connectivity index (χ1n) is 6.30. The SMILES string of the molecule is CC(C)n1cncc1CNc1ccc(C(F)(F)F)cc1. The van der Waals surface area contributed by atoms with E-state index in [1.165, 1.54) is 12.1 Å². The zero-order chi connectivity index (χ0) is 14.8. The Balaban J connectivity index is 2.02. The van der Waals surface area contributed by atoms with Crippen LogP contribution < -0.4 is 5.32 Å². The summed E-state index contributed by atoms with van der Waals surface area (Å²) < 4.78 is 39.3. The van der Waals surface area contributed by atoms with Gasteiger partial charge in [0, 0.05) is 17.9 Å². The Labute approximate surface area is 115 Å². The van der Waals surface area contributed by atoms with Crippen LogP contribution in [0.25, 0.3) is 0 Å². The van der Waals surface area contributed by atoms with Crippen molar-refractivity contribution < 1.29 is 13.2 Å². The molecule has 1 N–H and O–H groups in total. The summed E-state index contributed by atoms with van der Waals surface area (Å²) in [5.41, 5.74) is 0.990. The number of halogens is 3. The molecular formula is C14H16F3N3. The van der Waals surface area contributed by atoms with Crippen LogP contribution in [-0.4, -0.2) is 9.55 Å². The van der Waals surface area contributed by atoms with E-state index in [1.54, 1.807) is 12.5 Å². The summed E-state index contributed by atoms with van der Waals surface area (Å²) in [6.45, 7) is 4.61. The Morgan fingerprint density at radius 1 is 1.20 bits per heavy atom. The molecule has 20 heavy (non-hydrogen) atoms. The second kappa shape index (κ2) is 5.56. The molecule has 0 aliphatic heterocycles. The lowest BCUT2D eigenvalue weighted by atomic mass is 10.2. The number of nitrogens with zero attached hydrogens (tertiary/aromatic N) is 2. The largest absolute Gasteiger partial charge is 0.416 e. The quantitative estimate of drug-likeness (QED) is 0.915. The molecule has 0 radical (unpaired) electrons. The molecule has 2 aromatic rings.